The van der Waals surface area contributed by atoms with E-state index in [1.54, 1.807) is 0 Å². The molecule has 1 aromatic carbocycles. The number of aromatic nitrogens is 1. The van der Waals surface area contributed by atoms with Crippen LogP contribution in [0.4, 0.5) is 0 Å². The SMILES string of the molecule is CC(C)n1c2c(c3ccccc31)CC(=O)N(C)C2. The van der Waals surface area contributed by atoms with Gasteiger partial charge < -0.3 is 9.47 Å². The van der Waals surface area contributed by atoms with Crippen molar-refractivity contribution < 1.29 is 4.79 Å². The zero-order valence-corrected chi connectivity index (χ0v) is 11.1. The predicted octanol–water partition coefficient (Wildman–Crippen LogP) is 2.74. The van der Waals surface area contributed by atoms with Gasteiger partial charge in [-0.05, 0) is 25.5 Å². The molecule has 94 valence electrons. The normalized spacial score (nSPS) is 15.6. The molecule has 1 amide bonds. The van der Waals surface area contributed by atoms with Gasteiger partial charge in [0, 0.05) is 29.7 Å². The molecule has 2 heterocycles. The van der Waals surface area contributed by atoms with Crippen LogP contribution in [-0.4, -0.2) is 22.4 Å². The van der Waals surface area contributed by atoms with Crippen LogP contribution in [0.25, 0.3) is 10.9 Å². The van der Waals surface area contributed by atoms with E-state index >= 15 is 0 Å². The summed E-state index contributed by atoms with van der Waals surface area (Å²) in [5.41, 5.74) is 3.77. The number of nitrogens with zero attached hydrogens (tertiary/aromatic N) is 2. The Kier molecular flexibility index (Phi) is 2.44. The maximum absolute atomic E-state index is 11.9. The molecule has 0 atom stereocenters. The first-order valence-electron chi connectivity index (χ1n) is 6.44. The van der Waals surface area contributed by atoms with Crippen LogP contribution < -0.4 is 0 Å². The molecule has 1 aliphatic rings. The number of rotatable bonds is 1. The van der Waals surface area contributed by atoms with E-state index < -0.39 is 0 Å². The summed E-state index contributed by atoms with van der Waals surface area (Å²) >= 11 is 0. The molecular formula is C15H18N2O. The zero-order valence-electron chi connectivity index (χ0n) is 11.1. The molecule has 2 aromatic rings. The van der Waals surface area contributed by atoms with Gasteiger partial charge in [0.05, 0.1) is 13.0 Å². The van der Waals surface area contributed by atoms with E-state index in [0.717, 1.165) is 6.54 Å². The molecule has 0 N–H and O–H groups in total. The molecule has 3 heteroatoms. The number of hydrogen-bond acceptors (Lipinski definition) is 1. The summed E-state index contributed by atoms with van der Waals surface area (Å²) in [6, 6.07) is 8.82. The van der Waals surface area contributed by atoms with E-state index in [9.17, 15) is 4.79 Å². The summed E-state index contributed by atoms with van der Waals surface area (Å²) in [5, 5.41) is 1.24. The Labute approximate surface area is 107 Å². The summed E-state index contributed by atoms with van der Waals surface area (Å²) < 4.78 is 2.37. The second kappa shape index (κ2) is 3.87. The number of likely N-dealkylation sites (N-methyl/N-ethyl adjacent to an activating group) is 1. The van der Waals surface area contributed by atoms with Gasteiger partial charge in [0.1, 0.15) is 0 Å². The second-order valence-corrected chi connectivity index (χ2v) is 5.33. The highest BCUT2D eigenvalue weighted by Gasteiger charge is 2.27. The third-order valence-electron chi connectivity index (χ3n) is 3.78. The molecule has 18 heavy (non-hydrogen) atoms. The first-order chi connectivity index (χ1) is 8.59. The van der Waals surface area contributed by atoms with Crippen molar-refractivity contribution in [3.8, 4) is 0 Å². The fourth-order valence-corrected chi connectivity index (χ4v) is 2.94. The van der Waals surface area contributed by atoms with Crippen molar-refractivity contribution in [1.82, 2.24) is 9.47 Å². The minimum Gasteiger partial charge on any atom is -0.340 e. The Morgan fingerprint density at radius 3 is 2.67 bits per heavy atom. The molecule has 3 rings (SSSR count). The minimum absolute atomic E-state index is 0.217. The highest BCUT2D eigenvalue weighted by Crippen LogP contribution is 2.33. The average molecular weight is 242 g/mol. The summed E-state index contributed by atoms with van der Waals surface area (Å²) in [7, 11) is 1.88. The summed E-state index contributed by atoms with van der Waals surface area (Å²) in [6.07, 6.45) is 0.534. The molecule has 0 aliphatic carbocycles. The van der Waals surface area contributed by atoms with Gasteiger partial charge in [0.2, 0.25) is 5.91 Å². The molecule has 0 radical (unpaired) electrons. The smallest absolute Gasteiger partial charge is 0.227 e. The van der Waals surface area contributed by atoms with Crippen molar-refractivity contribution in [2.75, 3.05) is 7.05 Å². The summed E-state index contributed by atoms with van der Waals surface area (Å²) in [5.74, 6) is 0.217. The number of carbonyl (C=O) groups is 1. The first kappa shape index (κ1) is 11.3. The number of benzene rings is 1. The number of amides is 1. The molecule has 3 nitrogen and oxygen atoms in total. The van der Waals surface area contributed by atoms with Crippen LogP contribution in [-0.2, 0) is 17.8 Å². The van der Waals surface area contributed by atoms with Gasteiger partial charge in [-0.2, -0.15) is 0 Å². The Morgan fingerprint density at radius 1 is 1.22 bits per heavy atom. The molecule has 0 saturated heterocycles. The average Bonchev–Trinajstić information content (AvgIpc) is 2.64. The van der Waals surface area contributed by atoms with Crippen molar-refractivity contribution >= 4 is 16.8 Å². The van der Waals surface area contributed by atoms with Gasteiger partial charge in [-0.1, -0.05) is 18.2 Å². The largest absolute Gasteiger partial charge is 0.340 e. The van der Waals surface area contributed by atoms with Gasteiger partial charge >= 0.3 is 0 Å². The van der Waals surface area contributed by atoms with Gasteiger partial charge in [0.15, 0.2) is 0 Å². The van der Waals surface area contributed by atoms with E-state index in [0.29, 0.717) is 12.5 Å². The van der Waals surface area contributed by atoms with Crippen LogP contribution in [0.5, 0.6) is 0 Å². The maximum Gasteiger partial charge on any atom is 0.227 e. The lowest BCUT2D eigenvalue weighted by Crippen LogP contribution is -2.33. The molecule has 0 spiro atoms. The summed E-state index contributed by atoms with van der Waals surface area (Å²) in [4.78, 5) is 13.7. The third-order valence-corrected chi connectivity index (χ3v) is 3.78. The van der Waals surface area contributed by atoms with Gasteiger partial charge in [-0.25, -0.2) is 0 Å². The van der Waals surface area contributed by atoms with Crippen molar-refractivity contribution in [3.05, 3.63) is 35.5 Å². The predicted molar refractivity (Wildman–Crippen MR) is 72.5 cm³/mol. The minimum atomic E-state index is 0.217. The zero-order chi connectivity index (χ0) is 12.9. The van der Waals surface area contributed by atoms with E-state index in [4.69, 9.17) is 0 Å². The van der Waals surface area contributed by atoms with Crippen LogP contribution in [0.15, 0.2) is 24.3 Å². The van der Waals surface area contributed by atoms with Gasteiger partial charge in [0.25, 0.3) is 0 Å². The molecular weight excluding hydrogens is 224 g/mol. The van der Waals surface area contributed by atoms with E-state index in [1.807, 2.05) is 11.9 Å². The first-order valence-corrected chi connectivity index (χ1v) is 6.44. The topological polar surface area (TPSA) is 25.2 Å². The molecule has 1 aromatic heterocycles. The van der Waals surface area contributed by atoms with Gasteiger partial charge in [-0.3, -0.25) is 4.79 Å². The van der Waals surface area contributed by atoms with Gasteiger partial charge in [-0.15, -0.1) is 0 Å². The van der Waals surface area contributed by atoms with E-state index in [-0.39, 0.29) is 5.91 Å². The maximum atomic E-state index is 11.9. The van der Waals surface area contributed by atoms with Crippen LogP contribution >= 0.6 is 0 Å². The van der Waals surface area contributed by atoms with Crippen molar-refractivity contribution in [1.29, 1.82) is 0 Å². The second-order valence-electron chi connectivity index (χ2n) is 5.33. The Balaban J connectivity index is 2.33. The molecule has 1 aliphatic heterocycles. The Hall–Kier alpha value is -1.77. The van der Waals surface area contributed by atoms with Crippen LogP contribution in [0.3, 0.4) is 0 Å². The fraction of sp³-hybridized carbons (Fsp3) is 0.400. The Morgan fingerprint density at radius 2 is 1.94 bits per heavy atom. The van der Waals surface area contributed by atoms with Crippen molar-refractivity contribution in [2.24, 2.45) is 0 Å². The molecule has 0 fully saturated rings. The lowest BCUT2D eigenvalue weighted by Gasteiger charge is -2.26. The van der Waals surface area contributed by atoms with Crippen molar-refractivity contribution in [3.63, 3.8) is 0 Å². The third kappa shape index (κ3) is 1.47. The molecule has 0 saturated carbocycles. The highest BCUT2D eigenvalue weighted by molar-refractivity contribution is 5.92. The van der Waals surface area contributed by atoms with E-state index in [2.05, 4.69) is 42.7 Å². The number of carbonyl (C=O) groups excluding carboxylic acids is 1. The lowest BCUT2D eigenvalue weighted by molar-refractivity contribution is -0.130. The summed E-state index contributed by atoms with van der Waals surface area (Å²) in [6.45, 7) is 5.12. The quantitative estimate of drug-likeness (QED) is 0.755. The number of fused-ring (bicyclic) bond motifs is 3. The highest BCUT2D eigenvalue weighted by atomic mass is 16.2. The standard InChI is InChI=1S/C15H18N2O/c1-10(2)17-13-7-5-4-6-11(13)12-8-15(18)16(3)9-14(12)17/h4-7,10H,8-9H2,1-3H3. The number of para-hydroxylation sites is 1. The van der Waals surface area contributed by atoms with Crippen molar-refractivity contribution in [2.45, 2.75) is 32.9 Å². The molecule has 0 unspecified atom stereocenters. The number of hydrogen-bond donors (Lipinski definition) is 0. The Bertz CT molecular complexity index is 625. The lowest BCUT2D eigenvalue weighted by atomic mass is 10.0. The fourth-order valence-electron chi connectivity index (χ4n) is 2.94. The van der Waals surface area contributed by atoms with Crippen LogP contribution in [0.1, 0.15) is 31.1 Å². The molecule has 0 bridgehead atoms. The van der Waals surface area contributed by atoms with E-state index in [1.165, 1.54) is 22.2 Å². The monoisotopic (exact) mass is 242 g/mol. The van der Waals surface area contributed by atoms with Crippen LogP contribution in [0, 0.1) is 0 Å². The van der Waals surface area contributed by atoms with Crippen LogP contribution in [0.2, 0.25) is 0 Å².